The molecule has 37 heavy (non-hydrogen) atoms. The Hall–Kier alpha value is -4.89. The van der Waals surface area contributed by atoms with Crippen molar-refractivity contribution < 1.29 is 4.74 Å². The number of imidazole rings is 1. The highest BCUT2D eigenvalue weighted by molar-refractivity contribution is 7.08. The Morgan fingerprint density at radius 2 is 1.86 bits per heavy atom. The highest BCUT2D eigenvalue weighted by Crippen LogP contribution is 2.32. The van der Waals surface area contributed by atoms with Gasteiger partial charge in [-0.2, -0.15) is 16.4 Å². The monoisotopic (exact) mass is 501 g/mol. The normalized spacial score (nSPS) is 11.4. The number of H-pyrrole nitrogens is 2. The summed E-state index contributed by atoms with van der Waals surface area (Å²) in [5, 5.41) is 12.7. The standard InChI is InChI=1S/C28H19N7OS/c1-2-4-17(5-3-1)15-36-20-10-19(12-29-13-20)23-11-22-24(14-31-23)34-35-26(22)28-32-25-21(18-7-9-37-16-18)6-8-30-27(25)33-28/h1-14,16H,15H2,(H,34,35)(H,30,32,33). The lowest BCUT2D eigenvalue weighted by atomic mass is 10.1. The molecule has 0 bridgehead atoms. The average Bonchev–Trinajstić information content (AvgIpc) is 3.71. The molecule has 0 atom stereocenters. The van der Waals surface area contributed by atoms with Crippen LogP contribution in [0.5, 0.6) is 5.75 Å². The van der Waals surface area contributed by atoms with Gasteiger partial charge < -0.3 is 9.72 Å². The smallest absolute Gasteiger partial charge is 0.160 e. The predicted molar refractivity (Wildman–Crippen MR) is 144 cm³/mol. The fraction of sp³-hybridized carbons (Fsp3) is 0.0357. The number of rotatable bonds is 6. The first-order valence-corrected chi connectivity index (χ1v) is 12.6. The molecule has 0 fully saturated rings. The van der Waals surface area contributed by atoms with Gasteiger partial charge in [0.05, 0.1) is 23.6 Å². The zero-order valence-electron chi connectivity index (χ0n) is 19.4. The van der Waals surface area contributed by atoms with Crippen LogP contribution in [-0.2, 0) is 6.61 Å². The molecular formula is C28H19N7OS. The quantitative estimate of drug-likeness (QED) is 0.278. The van der Waals surface area contributed by atoms with Crippen molar-refractivity contribution in [2.75, 3.05) is 0 Å². The van der Waals surface area contributed by atoms with Gasteiger partial charge in [-0.1, -0.05) is 30.3 Å². The zero-order valence-corrected chi connectivity index (χ0v) is 20.2. The zero-order chi connectivity index (χ0) is 24.6. The number of aromatic nitrogens is 7. The maximum Gasteiger partial charge on any atom is 0.160 e. The van der Waals surface area contributed by atoms with Gasteiger partial charge in [0.25, 0.3) is 0 Å². The number of hydrogen-bond donors (Lipinski definition) is 2. The molecule has 0 radical (unpaired) electrons. The number of ether oxygens (including phenoxy) is 1. The Balaban J connectivity index is 1.24. The summed E-state index contributed by atoms with van der Waals surface area (Å²) in [4.78, 5) is 21.7. The Labute approximate surface area is 215 Å². The summed E-state index contributed by atoms with van der Waals surface area (Å²) in [5.41, 5.74) is 7.92. The SMILES string of the molecule is c1ccc(COc2cncc(-c3cc4c(-c5nc6c(-c7ccsc7)ccnc6[nH]5)n[nH]c4cn3)c2)cc1. The molecule has 8 nitrogen and oxygen atoms in total. The first-order valence-electron chi connectivity index (χ1n) is 11.7. The number of hydrogen-bond acceptors (Lipinski definition) is 7. The van der Waals surface area contributed by atoms with Crippen LogP contribution in [0.25, 0.3) is 56.0 Å². The summed E-state index contributed by atoms with van der Waals surface area (Å²) >= 11 is 1.65. The molecule has 0 saturated heterocycles. The fourth-order valence-corrected chi connectivity index (χ4v) is 4.96. The van der Waals surface area contributed by atoms with Gasteiger partial charge in [0.1, 0.15) is 23.6 Å². The van der Waals surface area contributed by atoms with Gasteiger partial charge in [-0.05, 0) is 46.2 Å². The fourth-order valence-electron chi connectivity index (χ4n) is 4.31. The second-order valence-corrected chi connectivity index (χ2v) is 9.30. The van der Waals surface area contributed by atoms with Gasteiger partial charge in [0.2, 0.25) is 0 Å². The third kappa shape index (κ3) is 4.01. The summed E-state index contributed by atoms with van der Waals surface area (Å²) in [7, 11) is 0. The van der Waals surface area contributed by atoms with Crippen LogP contribution in [-0.4, -0.2) is 35.1 Å². The molecule has 0 unspecified atom stereocenters. The van der Waals surface area contributed by atoms with Crippen LogP contribution in [0.1, 0.15) is 5.56 Å². The number of aromatic amines is 2. The van der Waals surface area contributed by atoms with Gasteiger partial charge in [-0.25, -0.2) is 9.97 Å². The molecule has 6 heterocycles. The van der Waals surface area contributed by atoms with E-state index in [9.17, 15) is 0 Å². The second-order valence-electron chi connectivity index (χ2n) is 8.52. The van der Waals surface area contributed by atoms with Crippen molar-refractivity contribution in [3.8, 4) is 39.7 Å². The molecule has 178 valence electrons. The van der Waals surface area contributed by atoms with E-state index in [2.05, 4.69) is 47.0 Å². The number of thiophene rings is 1. The molecule has 0 saturated carbocycles. The number of fused-ring (bicyclic) bond motifs is 2. The van der Waals surface area contributed by atoms with Crippen LogP contribution in [0.15, 0.2) is 90.1 Å². The van der Waals surface area contributed by atoms with E-state index in [-0.39, 0.29) is 0 Å². The minimum atomic E-state index is 0.470. The molecule has 0 aliphatic heterocycles. The molecule has 9 heteroatoms. The minimum absolute atomic E-state index is 0.470. The Kier molecular flexibility index (Phi) is 5.18. The molecule has 1 aromatic carbocycles. The largest absolute Gasteiger partial charge is 0.487 e. The highest BCUT2D eigenvalue weighted by atomic mass is 32.1. The number of nitrogens with zero attached hydrogens (tertiary/aromatic N) is 5. The number of pyridine rings is 3. The third-order valence-electron chi connectivity index (χ3n) is 6.15. The summed E-state index contributed by atoms with van der Waals surface area (Å²) in [5.74, 6) is 1.33. The van der Waals surface area contributed by atoms with Crippen LogP contribution < -0.4 is 4.74 Å². The van der Waals surface area contributed by atoms with Crippen LogP contribution in [0.3, 0.4) is 0 Å². The molecular weight excluding hydrogens is 482 g/mol. The van der Waals surface area contributed by atoms with E-state index >= 15 is 0 Å². The summed E-state index contributed by atoms with van der Waals surface area (Å²) < 4.78 is 5.97. The first kappa shape index (κ1) is 21.4. The molecule has 6 aromatic heterocycles. The molecule has 0 spiro atoms. The van der Waals surface area contributed by atoms with E-state index in [1.807, 2.05) is 48.5 Å². The third-order valence-corrected chi connectivity index (χ3v) is 6.83. The van der Waals surface area contributed by atoms with Gasteiger partial charge in [-0.3, -0.25) is 15.1 Å². The van der Waals surface area contributed by atoms with Crippen LogP contribution in [0, 0.1) is 0 Å². The van der Waals surface area contributed by atoms with E-state index < -0.39 is 0 Å². The van der Waals surface area contributed by atoms with Crippen molar-refractivity contribution in [2.45, 2.75) is 6.61 Å². The van der Waals surface area contributed by atoms with E-state index in [0.29, 0.717) is 23.9 Å². The molecule has 7 aromatic rings. The summed E-state index contributed by atoms with van der Waals surface area (Å²) in [6.07, 6.45) is 7.06. The second kappa shape index (κ2) is 8.96. The average molecular weight is 502 g/mol. The van der Waals surface area contributed by atoms with Crippen molar-refractivity contribution in [1.82, 2.24) is 35.1 Å². The van der Waals surface area contributed by atoms with Crippen LogP contribution in [0.4, 0.5) is 0 Å². The summed E-state index contributed by atoms with van der Waals surface area (Å²) in [6.45, 7) is 0.470. The van der Waals surface area contributed by atoms with Crippen molar-refractivity contribution in [2.24, 2.45) is 0 Å². The lowest BCUT2D eigenvalue weighted by Crippen LogP contribution is -1.96. The Morgan fingerprint density at radius 3 is 2.76 bits per heavy atom. The van der Waals surface area contributed by atoms with Crippen molar-refractivity contribution in [1.29, 1.82) is 0 Å². The topological polar surface area (TPSA) is 105 Å². The molecule has 2 N–H and O–H groups in total. The van der Waals surface area contributed by atoms with Crippen LogP contribution >= 0.6 is 11.3 Å². The van der Waals surface area contributed by atoms with E-state index in [0.717, 1.165) is 50.0 Å². The number of nitrogens with one attached hydrogen (secondary N) is 2. The predicted octanol–water partition coefficient (Wildman–Crippen LogP) is 6.27. The lowest BCUT2D eigenvalue weighted by Gasteiger charge is -2.08. The van der Waals surface area contributed by atoms with E-state index in [4.69, 9.17) is 9.72 Å². The van der Waals surface area contributed by atoms with E-state index in [1.165, 1.54) is 0 Å². The Bertz CT molecular complexity index is 1840. The van der Waals surface area contributed by atoms with Gasteiger partial charge in [-0.15, -0.1) is 0 Å². The first-order chi connectivity index (χ1) is 18.3. The maximum absolute atomic E-state index is 5.97. The molecule has 7 rings (SSSR count). The van der Waals surface area contributed by atoms with Crippen molar-refractivity contribution >= 4 is 33.4 Å². The molecule has 0 aliphatic carbocycles. The Morgan fingerprint density at radius 1 is 0.919 bits per heavy atom. The van der Waals surface area contributed by atoms with Gasteiger partial charge >= 0.3 is 0 Å². The minimum Gasteiger partial charge on any atom is -0.487 e. The molecule has 0 aliphatic rings. The maximum atomic E-state index is 5.97. The lowest BCUT2D eigenvalue weighted by molar-refractivity contribution is 0.305. The van der Waals surface area contributed by atoms with Crippen LogP contribution in [0.2, 0.25) is 0 Å². The molecule has 0 amide bonds. The van der Waals surface area contributed by atoms with Gasteiger partial charge in [0, 0.05) is 28.9 Å². The van der Waals surface area contributed by atoms with Crippen molar-refractivity contribution in [3.05, 3.63) is 95.7 Å². The number of benzene rings is 1. The van der Waals surface area contributed by atoms with Gasteiger partial charge in [0.15, 0.2) is 11.5 Å². The highest BCUT2D eigenvalue weighted by Gasteiger charge is 2.17. The summed E-state index contributed by atoms with van der Waals surface area (Å²) in [6, 6.07) is 18.1. The van der Waals surface area contributed by atoms with Crippen molar-refractivity contribution in [3.63, 3.8) is 0 Å². The van der Waals surface area contributed by atoms with E-state index in [1.54, 1.807) is 36.1 Å².